The van der Waals surface area contributed by atoms with Gasteiger partial charge in [-0.1, -0.05) is 13.0 Å². The molecule has 1 unspecified atom stereocenters. The van der Waals surface area contributed by atoms with Crippen molar-refractivity contribution >= 4 is 33.3 Å². The number of aryl methyl sites for hydroxylation is 1. The first-order chi connectivity index (χ1) is 11.1. The molecule has 0 bridgehead atoms. The van der Waals surface area contributed by atoms with Gasteiger partial charge in [-0.25, -0.2) is 8.42 Å². The fourth-order valence-electron chi connectivity index (χ4n) is 3.24. The largest absolute Gasteiger partial charge is 0.315 e. The molecule has 1 aromatic heterocycles. The van der Waals surface area contributed by atoms with Crippen molar-refractivity contribution in [2.75, 3.05) is 19.6 Å². The summed E-state index contributed by atoms with van der Waals surface area (Å²) < 4.78 is 28.3. The normalized spacial score (nSPS) is 18.0. The lowest BCUT2D eigenvalue weighted by Gasteiger charge is -2.27. The lowest BCUT2D eigenvalue weighted by molar-refractivity contribution is 0.335. The van der Waals surface area contributed by atoms with Gasteiger partial charge in [0.2, 0.25) is 10.0 Å². The molecule has 7 heteroatoms. The minimum Gasteiger partial charge on any atom is -0.315 e. The van der Waals surface area contributed by atoms with Crippen molar-refractivity contribution in [1.82, 2.24) is 14.6 Å². The van der Waals surface area contributed by atoms with Gasteiger partial charge in [-0.15, -0.1) is 12.4 Å². The Bertz CT molecular complexity index is 805. The van der Waals surface area contributed by atoms with E-state index in [0.717, 1.165) is 37.0 Å². The standard InChI is InChI=1S/C17H23N3O2S.ClH/c1-3-11-20(14-8-10-18-12-14)23(21,22)16-7-6-13(2)17-15(16)5-4-9-19-17;/h4-7,9,14,18H,3,8,10-12H2,1-2H3;1H. The Balaban J connectivity index is 0.00000208. The van der Waals surface area contributed by atoms with Crippen molar-refractivity contribution < 1.29 is 8.42 Å². The van der Waals surface area contributed by atoms with E-state index >= 15 is 0 Å². The number of hydrogen-bond donors (Lipinski definition) is 1. The second-order valence-electron chi connectivity index (χ2n) is 6.04. The van der Waals surface area contributed by atoms with Crippen LogP contribution in [-0.2, 0) is 10.0 Å². The van der Waals surface area contributed by atoms with E-state index in [1.165, 1.54) is 0 Å². The lowest BCUT2D eigenvalue weighted by atomic mass is 10.1. The third-order valence-corrected chi connectivity index (χ3v) is 6.41. The molecule has 0 radical (unpaired) electrons. The quantitative estimate of drug-likeness (QED) is 0.880. The minimum atomic E-state index is -3.54. The summed E-state index contributed by atoms with van der Waals surface area (Å²) in [5.41, 5.74) is 1.75. The van der Waals surface area contributed by atoms with E-state index < -0.39 is 10.0 Å². The van der Waals surface area contributed by atoms with Crippen LogP contribution >= 0.6 is 12.4 Å². The summed E-state index contributed by atoms with van der Waals surface area (Å²) in [7, 11) is -3.54. The molecule has 1 fully saturated rings. The van der Waals surface area contributed by atoms with E-state index in [4.69, 9.17) is 0 Å². The summed E-state index contributed by atoms with van der Waals surface area (Å²) in [6.07, 6.45) is 3.37. The van der Waals surface area contributed by atoms with E-state index in [9.17, 15) is 8.42 Å². The van der Waals surface area contributed by atoms with Crippen LogP contribution in [0, 0.1) is 6.92 Å². The molecule has 0 saturated carbocycles. The van der Waals surface area contributed by atoms with Crippen LogP contribution in [0.25, 0.3) is 10.9 Å². The molecular weight excluding hydrogens is 346 g/mol. The maximum Gasteiger partial charge on any atom is 0.244 e. The second kappa shape index (κ2) is 7.78. The van der Waals surface area contributed by atoms with E-state index in [1.54, 1.807) is 22.6 Å². The van der Waals surface area contributed by atoms with Crippen molar-refractivity contribution in [2.24, 2.45) is 0 Å². The van der Waals surface area contributed by atoms with Crippen LogP contribution in [0.2, 0.25) is 0 Å². The number of hydrogen-bond acceptors (Lipinski definition) is 4. The summed E-state index contributed by atoms with van der Waals surface area (Å²) in [5.74, 6) is 0. The molecule has 1 aliphatic heterocycles. The predicted octanol–water partition coefficient (Wildman–Crippen LogP) is 2.73. The maximum absolute atomic E-state index is 13.3. The molecule has 2 heterocycles. The van der Waals surface area contributed by atoms with Crippen LogP contribution in [0.1, 0.15) is 25.3 Å². The van der Waals surface area contributed by atoms with Crippen LogP contribution in [0.3, 0.4) is 0 Å². The molecule has 132 valence electrons. The Kier molecular flexibility index (Phi) is 6.20. The third-order valence-electron chi connectivity index (χ3n) is 4.40. The predicted molar refractivity (Wildman–Crippen MR) is 99.2 cm³/mol. The molecular formula is C17H24ClN3O2S. The topological polar surface area (TPSA) is 62.3 Å². The number of nitrogens with zero attached hydrogens (tertiary/aromatic N) is 2. The summed E-state index contributed by atoms with van der Waals surface area (Å²) in [6.45, 7) is 6.11. The van der Waals surface area contributed by atoms with Gasteiger partial charge in [0.05, 0.1) is 10.4 Å². The van der Waals surface area contributed by atoms with Crippen molar-refractivity contribution in [2.45, 2.75) is 37.6 Å². The highest BCUT2D eigenvalue weighted by molar-refractivity contribution is 7.89. The summed E-state index contributed by atoms with van der Waals surface area (Å²) in [4.78, 5) is 4.73. The molecule has 0 amide bonds. The zero-order valence-corrected chi connectivity index (χ0v) is 15.7. The van der Waals surface area contributed by atoms with E-state index in [-0.39, 0.29) is 18.4 Å². The Morgan fingerprint density at radius 2 is 2.12 bits per heavy atom. The molecule has 24 heavy (non-hydrogen) atoms. The molecule has 0 spiro atoms. The molecule has 1 saturated heterocycles. The van der Waals surface area contributed by atoms with Crippen molar-refractivity contribution in [3.8, 4) is 0 Å². The third kappa shape index (κ3) is 3.42. The van der Waals surface area contributed by atoms with Gasteiger partial charge in [0.1, 0.15) is 0 Å². The van der Waals surface area contributed by atoms with Crippen LogP contribution < -0.4 is 5.32 Å². The van der Waals surface area contributed by atoms with Gasteiger partial charge in [0.25, 0.3) is 0 Å². The highest BCUT2D eigenvalue weighted by Crippen LogP contribution is 2.29. The summed E-state index contributed by atoms with van der Waals surface area (Å²) >= 11 is 0. The number of aromatic nitrogens is 1. The molecule has 1 aliphatic rings. The Morgan fingerprint density at radius 1 is 1.33 bits per heavy atom. The number of halogens is 1. The smallest absolute Gasteiger partial charge is 0.244 e. The van der Waals surface area contributed by atoms with Crippen LogP contribution in [0.4, 0.5) is 0 Å². The minimum absolute atomic E-state index is 0. The average Bonchev–Trinajstić information content (AvgIpc) is 3.06. The SMILES string of the molecule is CCCN(C1CCNC1)S(=O)(=O)c1ccc(C)c2ncccc12.Cl. The lowest BCUT2D eigenvalue weighted by Crippen LogP contribution is -2.42. The highest BCUT2D eigenvalue weighted by Gasteiger charge is 2.33. The summed E-state index contributed by atoms with van der Waals surface area (Å²) in [6, 6.07) is 7.24. The maximum atomic E-state index is 13.3. The van der Waals surface area contributed by atoms with Gasteiger partial charge in [0.15, 0.2) is 0 Å². The molecule has 2 aromatic rings. The van der Waals surface area contributed by atoms with Crippen molar-refractivity contribution in [3.05, 3.63) is 36.0 Å². The van der Waals surface area contributed by atoms with Gasteiger partial charge in [0, 0.05) is 30.7 Å². The van der Waals surface area contributed by atoms with E-state index in [0.29, 0.717) is 16.8 Å². The van der Waals surface area contributed by atoms with E-state index in [2.05, 4.69) is 10.3 Å². The number of nitrogens with one attached hydrogen (secondary N) is 1. The monoisotopic (exact) mass is 369 g/mol. The average molecular weight is 370 g/mol. The Labute approximate surface area is 149 Å². The second-order valence-corrected chi connectivity index (χ2v) is 7.90. The number of benzene rings is 1. The fraction of sp³-hybridized carbons (Fsp3) is 0.471. The highest BCUT2D eigenvalue weighted by atomic mass is 35.5. The molecule has 5 nitrogen and oxygen atoms in total. The van der Waals surface area contributed by atoms with Gasteiger partial charge < -0.3 is 5.32 Å². The number of fused-ring (bicyclic) bond motifs is 1. The molecule has 0 aliphatic carbocycles. The number of pyridine rings is 1. The Hall–Kier alpha value is -1.21. The molecule has 1 atom stereocenters. The zero-order chi connectivity index (χ0) is 16.4. The van der Waals surface area contributed by atoms with Gasteiger partial charge in [-0.2, -0.15) is 4.31 Å². The van der Waals surface area contributed by atoms with Crippen LogP contribution in [0.5, 0.6) is 0 Å². The Morgan fingerprint density at radius 3 is 2.79 bits per heavy atom. The van der Waals surface area contributed by atoms with Crippen LogP contribution in [-0.4, -0.2) is 43.4 Å². The van der Waals surface area contributed by atoms with Crippen LogP contribution in [0.15, 0.2) is 35.4 Å². The van der Waals surface area contributed by atoms with Crippen molar-refractivity contribution in [1.29, 1.82) is 0 Å². The van der Waals surface area contributed by atoms with Gasteiger partial charge >= 0.3 is 0 Å². The number of sulfonamides is 1. The number of rotatable bonds is 5. The van der Waals surface area contributed by atoms with Gasteiger partial charge in [-0.05, 0) is 50.1 Å². The van der Waals surface area contributed by atoms with Gasteiger partial charge in [-0.3, -0.25) is 4.98 Å². The first kappa shape index (κ1) is 19.1. The summed E-state index contributed by atoms with van der Waals surface area (Å²) in [5, 5.41) is 3.97. The first-order valence-corrected chi connectivity index (χ1v) is 9.56. The molecule has 1 aromatic carbocycles. The fourth-order valence-corrected chi connectivity index (χ4v) is 5.17. The molecule has 1 N–H and O–H groups in total. The van der Waals surface area contributed by atoms with Crippen molar-refractivity contribution in [3.63, 3.8) is 0 Å². The van der Waals surface area contributed by atoms with E-state index in [1.807, 2.05) is 26.0 Å². The first-order valence-electron chi connectivity index (χ1n) is 8.12. The zero-order valence-electron chi connectivity index (χ0n) is 14.0. The molecule has 3 rings (SSSR count).